The third-order valence-electron chi connectivity index (χ3n) is 5.47. The molecule has 7 heteroatoms. The molecule has 0 aromatic heterocycles. The lowest BCUT2D eigenvalue weighted by Crippen LogP contribution is -2.56. The molecule has 2 heterocycles. The average molecular weight is 338 g/mol. The molecule has 1 atom stereocenters. The van der Waals surface area contributed by atoms with Crippen LogP contribution in [0.5, 0.6) is 0 Å². The number of sulfone groups is 1. The minimum atomic E-state index is -2.88. The fourth-order valence-corrected chi connectivity index (χ4v) is 4.82. The summed E-state index contributed by atoms with van der Waals surface area (Å²) in [6.45, 7) is 0.748. The molecule has 3 rings (SSSR count). The number of amidine groups is 1. The van der Waals surface area contributed by atoms with Crippen molar-refractivity contribution in [1.82, 2.24) is 5.32 Å². The van der Waals surface area contributed by atoms with E-state index in [1.165, 1.54) is 6.26 Å². The van der Waals surface area contributed by atoms with E-state index in [1.54, 1.807) is 6.20 Å². The second-order valence-corrected chi connectivity index (χ2v) is 9.33. The van der Waals surface area contributed by atoms with Crippen LogP contribution in [0.15, 0.2) is 28.5 Å². The second kappa shape index (κ2) is 5.94. The highest BCUT2D eigenvalue weighted by Gasteiger charge is 2.46. The van der Waals surface area contributed by atoms with Gasteiger partial charge in [0, 0.05) is 18.4 Å². The lowest BCUT2D eigenvalue weighted by Gasteiger charge is -2.43. The van der Waals surface area contributed by atoms with Crippen LogP contribution in [0.2, 0.25) is 0 Å². The topological polar surface area (TPSA) is 111 Å². The predicted molar refractivity (Wildman–Crippen MR) is 92.5 cm³/mol. The molecular formula is C16H26N4O2S. The Morgan fingerprint density at radius 2 is 2.04 bits per heavy atom. The van der Waals surface area contributed by atoms with Crippen LogP contribution in [0.1, 0.15) is 32.1 Å². The fraction of sp³-hybridized carbons (Fsp3) is 0.688. The second-order valence-electron chi connectivity index (χ2n) is 7.07. The predicted octanol–water partition coefficient (Wildman–Crippen LogP) is 0.667. The average Bonchev–Trinajstić information content (AvgIpc) is 2.98. The van der Waals surface area contributed by atoms with Crippen molar-refractivity contribution in [2.75, 3.05) is 18.6 Å². The van der Waals surface area contributed by atoms with E-state index in [2.05, 4.69) is 16.4 Å². The Bertz CT molecular complexity index is 672. The van der Waals surface area contributed by atoms with Crippen LogP contribution in [0, 0.1) is 11.8 Å². The minimum absolute atomic E-state index is 0.282. The molecule has 1 fully saturated rings. The zero-order chi connectivity index (χ0) is 16.7. The summed E-state index contributed by atoms with van der Waals surface area (Å²) in [6.07, 6.45) is 9.81. The van der Waals surface area contributed by atoms with E-state index in [-0.39, 0.29) is 11.7 Å². The van der Waals surface area contributed by atoms with Crippen molar-refractivity contribution in [3.05, 3.63) is 23.5 Å². The molecule has 0 saturated heterocycles. The molecule has 0 bridgehead atoms. The van der Waals surface area contributed by atoms with Crippen molar-refractivity contribution in [3.8, 4) is 0 Å². The summed E-state index contributed by atoms with van der Waals surface area (Å²) in [6, 6.07) is 0. The summed E-state index contributed by atoms with van der Waals surface area (Å²) in [5, 5.41) is 3.23. The smallest absolute Gasteiger partial charge is 0.147 e. The van der Waals surface area contributed by atoms with E-state index in [0.717, 1.165) is 50.1 Å². The first kappa shape index (κ1) is 16.5. The van der Waals surface area contributed by atoms with Gasteiger partial charge in [-0.15, -0.1) is 0 Å². The van der Waals surface area contributed by atoms with Gasteiger partial charge < -0.3 is 16.8 Å². The van der Waals surface area contributed by atoms with Crippen molar-refractivity contribution in [2.24, 2.45) is 28.3 Å². The Kier molecular flexibility index (Phi) is 4.27. The normalized spacial score (nSPS) is 34.1. The van der Waals surface area contributed by atoms with Crippen LogP contribution in [-0.2, 0) is 9.84 Å². The number of hydrogen-bond donors (Lipinski definition) is 3. The lowest BCUT2D eigenvalue weighted by atomic mass is 9.66. The van der Waals surface area contributed by atoms with E-state index >= 15 is 0 Å². The van der Waals surface area contributed by atoms with Crippen LogP contribution in [0.3, 0.4) is 0 Å². The Labute approximate surface area is 138 Å². The molecule has 1 aliphatic carbocycles. The Morgan fingerprint density at radius 3 is 2.70 bits per heavy atom. The number of aliphatic imine (C=N–C) groups is 1. The van der Waals surface area contributed by atoms with Crippen LogP contribution in [-0.4, -0.2) is 38.3 Å². The van der Waals surface area contributed by atoms with Crippen LogP contribution < -0.4 is 16.8 Å². The van der Waals surface area contributed by atoms with Gasteiger partial charge in [-0.2, -0.15) is 0 Å². The van der Waals surface area contributed by atoms with Crippen LogP contribution >= 0.6 is 0 Å². The summed E-state index contributed by atoms with van der Waals surface area (Å²) in [5.41, 5.74) is 14.0. The summed E-state index contributed by atoms with van der Waals surface area (Å²) < 4.78 is 22.7. The maximum Gasteiger partial charge on any atom is 0.147 e. The zero-order valence-electron chi connectivity index (χ0n) is 13.6. The SMILES string of the molecule is CS(=O)(=O)CCC1CCC(C2(N)C(N)=CN=C3NCC=C32)CC1. The van der Waals surface area contributed by atoms with Gasteiger partial charge in [-0.3, -0.25) is 0 Å². The standard InChI is InChI=1S/C16H26N4O2S/c1-23(21,22)9-7-11-2-4-12(5-3-11)16(18)13-6-8-19-15(13)20-10-14(16)17/h6,10-12H,2-5,7-9,17-18H2,1H3,(H,19,20). The first-order valence-corrected chi connectivity index (χ1v) is 10.3. The molecule has 0 spiro atoms. The lowest BCUT2D eigenvalue weighted by molar-refractivity contribution is 0.215. The van der Waals surface area contributed by atoms with Gasteiger partial charge in [0.2, 0.25) is 0 Å². The number of hydrogen-bond acceptors (Lipinski definition) is 6. The molecule has 0 aromatic carbocycles. The van der Waals surface area contributed by atoms with Crippen LogP contribution in [0.25, 0.3) is 0 Å². The maximum atomic E-state index is 11.3. The van der Waals surface area contributed by atoms with Gasteiger partial charge in [0.15, 0.2) is 0 Å². The third kappa shape index (κ3) is 3.17. The van der Waals surface area contributed by atoms with E-state index in [4.69, 9.17) is 11.5 Å². The van der Waals surface area contributed by atoms with Crippen molar-refractivity contribution >= 4 is 15.7 Å². The quantitative estimate of drug-likeness (QED) is 0.697. The van der Waals surface area contributed by atoms with Crippen LogP contribution in [0.4, 0.5) is 0 Å². The maximum absolute atomic E-state index is 11.3. The Hall–Kier alpha value is -1.34. The number of fused-ring (bicyclic) bond motifs is 1. The first-order valence-electron chi connectivity index (χ1n) is 8.26. The van der Waals surface area contributed by atoms with Gasteiger partial charge in [0.25, 0.3) is 0 Å². The summed E-state index contributed by atoms with van der Waals surface area (Å²) in [7, 11) is -2.88. The van der Waals surface area contributed by atoms with Gasteiger partial charge in [-0.05, 0) is 31.1 Å². The molecule has 6 nitrogen and oxygen atoms in total. The van der Waals surface area contributed by atoms with E-state index in [9.17, 15) is 8.42 Å². The van der Waals surface area contributed by atoms with Gasteiger partial charge >= 0.3 is 0 Å². The van der Waals surface area contributed by atoms with Crippen molar-refractivity contribution in [3.63, 3.8) is 0 Å². The van der Waals surface area contributed by atoms with Gasteiger partial charge in [-0.1, -0.05) is 18.9 Å². The highest BCUT2D eigenvalue weighted by molar-refractivity contribution is 7.90. The summed E-state index contributed by atoms with van der Waals surface area (Å²) >= 11 is 0. The van der Waals surface area contributed by atoms with Crippen molar-refractivity contribution in [1.29, 1.82) is 0 Å². The van der Waals surface area contributed by atoms with Gasteiger partial charge in [0.05, 0.1) is 23.2 Å². The number of nitrogens with zero attached hydrogens (tertiary/aromatic N) is 1. The summed E-state index contributed by atoms with van der Waals surface area (Å²) in [4.78, 5) is 4.34. The molecule has 0 amide bonds. The molecule has 1 saturated carbocycles. The first-order chi connectivity index (χ1) is 10.8. The highest BCUT2D eigenvalue weighted by atomic mass is 32.2. The number of rotatable bonds is 4. The molecule has 2 aliphatic heterocycles. The molecular weight excluding hydrogens is 312 g/mol. The monoisotopic (exact) mass is 338 g/mol. The van der Waals surface area contributed by atoms with Crippen molar-refractivity contribution < 1.29 is 8.42 Å². The van der Waals surface area contributed by atoms with E-state index in [0.29, 0.717) is 11.6 Å². The van der Waals surface area contributed by atoms with E-state index in [1.807, 2.05) is 0 Å². The third-order valence-corrected chi connectivity index (χ3v) is 6.45. The number of nitrogens with two attached hydrogens (primary N) is 2. The molecule has 128 valence electrons. The van der Waals surface area contributed by atoms with Gasteiger partial charge in [-0.25, -0.2) is 13.4 Å². The molecule has 3 aliphatic rings. The molecule has 5 N–H and O–H groups in total. The van der Waals surface area contributed by atoms with Crippen molar-refractivity contribution in [2.45, 2.75) is 37.6 Å². The Balaban J connectivity index is 1.67. The number of nitrogens with one attached hydrogen (secondary N) is 1. The highest BCUT2D eigenvalue weighted by Crippen LogP contribution is 2.43. The molecule has 23 heavy (non-hydrogen) atoms. The zero-order valence-corrected chi connectivity index (χ0v) is 14.4. The van der Waals surface area contributed by atoms with E-state index < -0.39 is 15.4 Å². The molecule has 0 aromatic rings. The minimum Gasteiger partial charge on any atom is -0.399 e. The summed E-state index contributed by atoms with van der Waals surface area (Å²) in [5.74, 6) is 1.89. The Morgan fingerprint density at radius 1 is 1.35 bits per heavy atom. The molecule has 1 unspecified atom stereocenters. The van der Waals surface area contributed by atoms with Gasteiger partial charge in [0.1, 0.15) is 15.7 Å². The largest absolute Gasteiger partial charge is 0.399 e. The fourth-order valence-electron chi connectivity index (χ4n) is 4.06. The molecule has 0 radical (unpaired) electrons.